The van der Waals surface area contributed by atoms with E-state index in [0.29, 0.717) is 0 Å². The van der Waals surface area contributed by atoms with Crippen molar-refractivity contribution in [3.63, 3.8) is 0 Å². The first kappa shape index (κ1) is 12.2. The molecule has 1 radical (unpaired) electrons. The molecule has 0 amide bonds. The molecule has 1 aromatic carbocycles. The Morgan fingerprint density at radius 3 is 2.40 bits per heavy atom. The van der Waals surface area contributed by atoms with Gasteiger partial charge in [0.1, 0.15) is 0 Å². The predicted octanol–water partition coefficient (Wildman–Crippen LogP) is 4.09. The largest absolute Gasteiger partial charge is 0.250 e. The van der Waals surface area contributed by atoms with Crippen LogP contribution in [0.5, 0.6) is 0 Å². The van der Waals surface area contributed by atoms with Crippen molar-refractivity contribution < 1.29 is 4.39 Å². The third kappa shape index (κ3) is 3.33. The van der Waals surface area contributed by atoms with Crippen LogP contribution in [0.1, 0.15) is 42.9 Å². The molecule has 0 aromatic heterocycles. The van der Waals surface area contributed by atoms with E-state index in [-0.39, 0.29) is 12.6 Å². The molecule has 83 valence electrons. The molecule has 0 aliphatic rings. The summed E-state index contributed by atoms with van der Waals surface area (Å²) in [4.78, 5) is 0. The Kier molecular flexibility index (Phi) is 4.80. The van der Waals surface area contributed by atoms with Crippen LogP contribution in [0.3, 0.4) is 0 Å². The molecule has 0 nitrogen and oxygen atoms in total. The van der Waals surface area contributed by atoms with Gasteiger partial charge in [-0.05, 0) is 36.5 Å². The summed E-state index contributed by atoms with van der Waals surface area (Å²) in [6.45, 7) is 7.74. The van der Waals surface area contributed by atoms with Crippen molar-refractivity contribution >= 4 is 0 Å². The van der Waals surface area contributed by atoms with Crippen LogP contribution in [0.2, 0.25) is 0 Å². The van der Waals surface area contributed by atoms with Crippen LogP contribution in [-0.4, -0.2) is 6.67 Å². The Hall–Kier alpha value is -0.850. The van der Waals surface area contributed by atoms with Gasteiger partial charge >= 0.3 is 0 Å². The summed E-state index contributed by atoms with van der Waals surface area (Å²) in [5, 5.41) is 0. The van der Waals surface area contributed by atoms with E-state index in [1.807, 2.05) is 0 Å². The maximum atomic E-state index is 12.6. The number of hydrogen-bond donors (Lipinski definition) is 0. The lowest BCUT2D eigenvalue weighted by Crippen LogP contribution is -1.99. The second-order valence-electron chi connectivity index (χ2n) is 4.04. The Bertz CT molecular complexity index is 304. The molecule has 1 atom stereocenters. The molecule has 0 heterocycles. The van der Waals surface area contributed by atoms with Crippen molar-refractivity contribution in [2.75, 3.05) is 6.67 Å². The SMILES string of the molecule is [CH2]C(CF)c1cc(CC)cc(CCC)c1. The predicted molar refractivity (Wildman–Crippen MR) is 63.9 cm³/mol. The number of alkyl halides is 1. The minimum atomic E-state index is -0.376. The van der Waals surface area contributed by atoms with E-state index in [2.05, 4.69) is 39.0 Å². The van der Waals surface area contributed by atoms with Gasteiger partial charge in [0.25, 0.3) is 0 Å². The molecule has 0 aliphatic heterocycles. The molecule has 1 rings (SSSR count). The second kappa shape index (κ2) is 5.89. The first-order valence-corrected chi connectivity index (χ1v) is 5.73. The summed E-state index contributed by atoms with van der Waals surface area (Å²) in [5.41, 5.74) is 3.65. The Balaban J connectivity index is 2.99. The van der Waals surface area contributed by atoms with Gasteiger partial charge in [0, 0.05) is 5.92 Å². The maximum Gasteiger partial charge on any atom is 0.0962 e. The van der Waals surface area contributed by atoms with E-state index in [1.54, 1.807) is 0 Å². The van der Waals surface area contributed by atoms with Crippen molar-refractivity contribution in [2.24, 2.45) is 0 Å². The van der Waals surface area contributed by atoms with Crippen LogP contribution >= 0.6 is 0 Å². The molecule has 0 fully saturated rings. The minimum absolute atomic E-state index is 0.216. The molecular formula is C14H20F. The zero-order valence-electron chi connectivity index (χ0n) is 9.72. The fourth-order valence-corrected chi connectivity index (χ4v) is 1.75. The minimum Gasteiger partial charge on any atom is -0.250 e. The summed E-state index contributed by atoms with van der Waals surface area (Å²) in [7, 11) is 0. The highest BCUT2D eigenvalue weighted by Crippen LogP contribution is 2.20. The van der Waals surface area contributed by atoms with Gasteiger partial charge in [0.05, 0.1) is 6.67 Å². The number of benzene rings is 1. The van der Waals surface area contributed by atoms with Crippen molar-refractivity contribution in [3.05, 3.63) is 41.8 Å². The highest BCUT2D eigenvalue weighted by Gasteiger charge is 2.07. The molecule has 0 saturated heterocycles. The molecule has 1 aromatic rings. The van der Waals surface area contributed by atoms with Crippen LogP contribution in [0.15, 0.2) is 18.2 Å². The first-order chi connectivity index (χ1) is 7.21. The van der Waals surface area contributed by atoms with Crippen molar-refractivity contribution in [1.29, 1.82) is 0 Å². The summed E-state index contributed by atoms with van der Waals surface area (Å²) >= 11 is 0. The Morgan fingerprint density at radius 2 is 1.87 bits per heavy atom. The van der Waals surface area contributed by atoms with Crippen LogP contribution in [-0.2, 0) is 12.8 Å². The maximum absolute atomic E-state index is 12.6. The van der Waals surface area contributed by atoms with Gasteiger partial charge in [-0.2, -0.15) is 0 Å². The fraction of sp³-hybridized carbons (Fsp3) is 0.500. The molecule has 1 heteroatoms. The number of halogens is 1. The summed E-state index contributed by atoms with van der Waals surface area (Å²) in [6, 6.07) is 6.40. The third-order valence-electron chi connectivity index (χ3n) is 2.68. The molecular weight excluding hydrogens is 187 g/mol. The average molecular weight is 207 g/mol. The summed E-state index contributed by atoms with van der Waals surface area (Å²) in [6.07, 6.45) is 3.20. The van der Waals surface area contributed by atoms with Crippen LogP contribution in [0, 0.1) is 6.92 Å². The lowest BCUT2D eigenvalue weighted by atomic mass is 9.95. The topological polar surface area (TPSA) is 0 Å². The first-order valence-electron chi connectivity index (χ1n) is 5.73. The number of hydrogen-bond acceptors (Lipinski definition) is 0. The smallest absolute Gasteiger partial charge is 0.0962 e. The van der Waals surface area contributed by atoms with Gasteiger partial charge in [-0.3, -0.25) is 4.39 Å². The van der Waals surface area contributed by atoms with Gasteiger partial charge in [0.2, 0.25) is 0 Å². The monoisotopic (exact) mass is 207 g/mol. The van der Waals surface area contributed by atoms with Gasteiger partial charge in [-0.15, -0.1) is 0 Å². The lowest BCUT2D eigenvalue weighted by molar-refractivity contribution is 0.465. The quantitative estimate of drug-likeness (QED) is 0.682. The van der Waals surface area contributed by atoms with Gasteiger partial charge in [0.15, 0.2) is 0 Å². The average Bonchev–Trinajstić information content (AvgIpc) is 2.28. The fourth-order valence-electron chi connectivity index (χ4n) is 1.75. The molecule has 0 N–H and O–H groups in total. The van der Waals surface area contributed by atoms with Gasteiger partial charge in [-0.1, -0.05) is 38.5 Å². The Morgan fingerprint density at radius 1 is 1.20 bits per heavy atom. The molecule has 0 aliphatic carbocycles. The standard InChI is InChI=1S/C14H20F/c1-4-6-13-7-12(5-2)8-14(9-13)11(3)10-15/h7-9,11H,3-6,10H2,1-2H3. The van der Waals surface area contributed by atoms with E-state index >= 15 is 0 Å². The zero-order valence-corrected chi connectivity index (χ0v) is 9.72. The van der Waals surface area contributed by atoms with Crippen molar-refractivity contribution in [3.8, 4) is 0 Å². The van der Waals surface area contributed by atoms with E-state index in [1.165, 1.54) is 11.1 Å². The molecule has 0 spiro atoms. The molecule has 0 bridgehead atoms. The van der Waals surface area contributed by atoms with Crippen LogP contribution < -0.4 is 0 Å². The van der Waals surface area contributed by atoms with Crippen molar-refractivity contribution in [1.82, 2.24) is 0 Å². The van der Waals surface area contributed by atoms with Gasteiger partial charge < -0.3 is 0 Å². The number of aryl methyl sites for hydroxylation is 2. The highest BCUT2D eigenvalue weighted by atomic mass is 19.1. The van der Waals surface area contributed by atoms with Crippen molar-refractivity contribution in [2.45, 2.75) is 39.0 Å². The molecule has 15 heavy (non-hydrogen) atoms. The second-order valence-corrected chi connectivity index (χ2v) is 4.04. The van der Waals surface area contributed by atoms with Crippen LogP contribution in [0.25, 0.3) is 0 Å². The van der Waals surface area contributed by atoms with Crippen LogP contribution in [0.4, 0.5) is 4.39 Å². The lowest BCUT2D eigenvalue weighted by Gasteiger charge is -2.11. The normalized spacial score (nSPS) is 12.8. The van der Waals surface area contributed by atoms with Gasteiger partial charge in [-0.25, -0.2) is 0 Å². The zero-order chi connectivity index (χ0) is 11.3. The highest BCUT2D eigenvalue weighted by molar-refractivity contribution is 5.33. The van der Waals surface area contributed by atoms with E-state index < -0.39 is 0 Å². The molecule has 0 saturated carbocycles. The summed E-state index contributed by atoms with van der Waals surface area (Å²) in [5.74, 6) is -0.216. The third-order valence-corrected chi connectivity index (χ3v) is 2.68. The van der Waals surface area contributed by atoms with E-state index in [9.17, 15) is 4.39 Å². The Labute approximate surface area is 92.5 Å². The summed E-state index contributed by atoms with van der Waals surface area (Å²) < 4.78 is 12.6. The number of rotatable bonds is 5. The van der Waals surface area contributed by atoms with E-state index in [4.69, 9.17) is 0 Å². The molecule has 1 unspecified atom stereocenters. The van der Waals surface area contributed by atoms with E-state index in [0.717, 1.165) is 24.8 Å².